The van der Waals surface area contributed by atoms with Crippen molar-refractivity contribution in [3.63, 3.8) is 0 Å². The summed E-state index contributed by atoms with van der Waals surface area (Å²) in [7, 11) is 1.93. The first-order valence-corrected chi connectivity index (χ1v) is 9.73. The molecule has 1 aliphatic rings. The molecule has 0 amide bonds. The second-order valence-electron chi connectivity index (χ2n) is 7.39. The Morgan fingerprint density at radius 2 is 2.18 bits per heavy atom. The van der Waals surface area contributed by atoms with Crippen molar-refractivity contribution >= 4 is 28.6 Å². The van der Waals surface area contributed by atoms with Crippen LogP contribution in [0.5, 0.6) is 0 Å². The minimum atomic E-state index is -0.341. The molecule has 1 fully saturated rings. The monoisotopic (exact) mass is 384 g/mol. The van der Waals surface area contributed by atoms with E-state index in [4.69, 9.17) is 4.74 Å². The average molecular weight is 384 g/mol. The zero-order valence-electron chi connectivity index (χ0n) is 16.9. The van der Waals surface area contributed by atoms with E-state index in [1.165, 1.54) is 12.8 Å². The number of carbonyl (C=O) groups is 1. The summed E-state index contributed by atoms with van der Waals surface area (Å²) in [5.74, 6) is 1.15. The predicted octanol–water partition coefficient (Wildman–Crippen LogP) is 3.84. The zero-order valence-corrected chi connectivity index (χ0v) is 16.9. The fourth-order valence-corrected chi connectivity index (χ4v) is 3.11. The van der Waals surface area contributed by atoms with Gasteiger partial charge in [-0.3, -0.25) is 4.68 Å². The van der Waals surface area contributed by atoms with Gasteiger partial charge in [-0.2, -0.15) is 10.1 Å². The van der Waals surface area contributed by atoms with Crippen LogP contribution >= 0.6 is 0 Å². The molecular weight excluding hydrogens is 356 g/mol. The molecule has 0 aliphatic carbocycles. The Labute approximate surface area is 164 Å². The molecule has 150 valence electrons. The summed E-state index contributed by atoms with van der Waals surface area (Å²) in [5, 5.41) is 8.29. The fraction of sp³-hybridized carbons (Fsp3) is 0.500. The molecule has 1 N–H and O–H groups in total. The fourth-order valence-electron chi connectivity index (χ4n) is 3.11. The molecule has 0 radical (unpaired) electrons. The van der Waals surface area contributed by atoms with Crippen molar-refractivity contribution < 1.29 is 9.53 Å². The van der Waals surface area contributed by atoms with Gasteiger partial charge in [0.1, 0.15) is 5.65 Å². The van der Waals surface area contributed by atoms with Gasteiger partial charge in [-0.1, -0.05) is 33.6 Å². The average Bonchev–Trinajstić information content (AvgIpc) is 3.37. The number of carbonyl (C=O) groups excluding carboxylic acids is 1. The van der Waals surface area contributed by atoms with E-state index in [-0.39, 0.29) is 12.0 Å². The number of nitrogens with zero attached hydrogens (tertiary/aromatic N) is 5. The van der Waals surface area contributed by atoms with Gasteiger partial charge in [-0.25, -0.2) is 9.78 Å². The van der Waals surface area contributed by atoms with Crippen molar-refractivity contribution in [1.29, 1.82) is 0 Å². The van der Waals surface area contributed by atoms with Gasteiger partial charge in [-0.05, 0) is 12.0 Å². The van der Waals surface area contributed by atoms with Crippen LogP contribution in [0.25, 0.3) is 11.0 Å². The van der Waals surface area contributed by atoms with Crippen molar-refractivity contribution in [1.82, 2.24) is 24.3 Å². The number of hydrogen-bond acceptors (Lipinski definition) is 6. The van der Waals surface area contributed by atoms with Gasteiger partial charge in [0.25, 0.3) is 0 Å². The van der Waals surface area contributed by atoms with E-state index in [1.54, 1.807) is 23.3 Å². The van der Waals surface area contributed by atoms with E-state index in [0.29, 0.717) is 19.0 Å². The summed E-state index contributed by atoms with van der Waals surface area (Å²) >= 11 is 0. The molecule has 3 aromatic heterocycles. The molecule has 0 saturated carbocycles. The quantitative estimate of drug-likeness (QED) is 0.673. The molecule has 0 aromatic carbocycles. The molecule has 1 aliphatic heterocycles. The second kappa shape index (κ2) is 8.86. The highest BCUT2D eigenvalue weighted by atomic mass is 16.5. The molecule has 4 rings (SSSR count). The lowest BCUT2D eigenvalue weighted by atomic mass is 10.1. The van der Waals surface area contributed by atoms with Crippen LogP contribution in [0.15, 0.2) is 30.9 Å². The van der Waals surface area contributed by atoms with Gasteiger partial charge in [-0.15, -0.1) is 0 Å². The van der Waals surface area contributed by atoms with Crippen molar-refractivity contribution in [2.24, 2.45) is 13.0 Å². The van der Waals surface area contributed by atoms with Crippen LogP contribution in [-0.2, 0) is 16.6 Å². The van der Waals surface area contributed by atoms with E-state index in [9.17, 15) is 4.79 Å². The smallest absolute Gasteiger partial charge is 0.331 e. The second-order valence-corrected chi connectivity index (χ2v) is 7.39. The number of anilines is 2. The van der Waals surface area contributed by atoms with Crippen LogP contribution in [0.2, 0.25) is 0 Å². The number of ether oxygens (including phenoxy) is 1. The summed E-state index contributed by atoms with van der Waals surface area (Å²) in [6.07, 6.45) is 10.5. The molecule has 8 heteroatoms. The van der Waals surface area contributed by atoms with Crippen LogP contribution < -0.4 is 5.32 Å². The zero-order chi connectivity index (χ0) is 20.1. The first-order valence-electron chi connectivity index (χ1n) is 9.73. The number of cyclic esters (lactones) is 1. The summed E-state index contributed by atoms with van der Waals surface area (Å²) in [4.78, 5) is 20.3. The summed E-state index contributed by atoms with van der Waals surface area (Å²) in [6, 6.07) is 1.62. The van der Waals surface area contributed by atoms with Crippen molar-refractivity contribution in [2.75, 3.05) is 11.9 Å². The van der Waals surface area contributed by atoms with Crippen LogP contribution in [0.3, 0.4) is 0 Å². The highest BCUT2D eigenvalue weighted by Crippen LogP contribution is 2.22. The molecule has 1 unspecified atom stereocenters. The molecule has 4 heterocycles. The summed E-state index contributed by atoms with van der Waals surface area (Å²) < 4.78 is 8.49. The third kappa shape index (κ3) is 4.68. The lowest BCUT2D eigenvalue weighted by molar-refractivity contribution is -0.140. The van der Waals surface area contributed by atoms with Gasteiger partial charge in [0.2, 0.25) is 5.95 Å². The Hall–Kier alpha value is -2.90. The number of fused-ring (bicyclic) bond motifs is 1. The van der Waals surface area contributed by atoms with Crippen molar-refractivity contribution in [2.45, 2.75) is 46.1 Å². The van der Waals surface area contributed by atoms with Gasteiger partial charge in [0.05, 0.1) is 18.5 Å². The van der Waals surface area contributed by atoms with E-state index in [0.717, 1.165) is 22.6 Å². The third-order valence-electron chi connectivity index (χ3n) is 4.56. The Bertz CT molecular complexity index is 930. The minimum absolute atomic E-state index is 0.240. The maximum atomic E-state index is 11.6. The minimum Gasteiger partial charge on any atom is -0.464 e. The van der Waals surface area contributed by atoms with Gasteiger partial charge in [0.15, 0.2) is 6.04 Å². The molecule has 0 bridgehead atoms. The standard InChI is InChI=1S/C14H14N6O2.C6H14/c1-19-4-2-9-6-15-14(18-12(9)19)17-10-7-16-20(8-10)11-3-5-22-13(11)21;1-4-5-6(2)3/h2,4,6-8,11H,3,5H2,1H3,(H,15,17,18);6H,4-5H2,1-3H3. The molecule has 1 atom stereocenters. The number of nitrogens with one attached hydrogen (secondary N) is 1. The number of hydrogen-bond donors (Lipinski definition) is 1. The Morgan fingerprint density at radius 3 is 2.82 bits per heavy atom. The van der Waals surface area contributed by atoms with E-state index in [2.05, 4.69) is 41.2 Å². The molecule has 3 aromatic rings. The number of esters is 1. The van der Waals surface area contributed by atoms with Crippen LogP contribution in [0, 0.1) is 5.92 Å². The Balaban J connectivity index is 0.000000330. The maximum absolute atomic E-state index is 11.6. The Morgan fingerprint density at radius 1 is 1.36 bits per heavy atom. The van der Waals surface area contributed by atoms with Gasteiger partial charge in [0, 0.05) is 37.4 Å². The Kier molecular flexibility index (Phi) is 6.28. The molecule has 1 saturated heterocycles. The number of aryl methyl sites for hydroxylation is 1. The first kappa shape index (κ1) is 19.9. The van der Waals surface area contributed by atoms with Crippen LogP contribution in [-0.4, -0.2) is 36.9 Å². The number of aromatic nitrogens is 5. The normalized spacial score (nSPS) is 16.2. The van der Waals surface area contributed by atoms with Gasteiger partial charge < -0.3 is 14.6 Å². The molecular formula is C20H28N6O2. The number of rotatable bonds is 5. The third-order valence-corrected chi connectivity index (χ3v) is 4.56. The van der Waals surface area contributed by atoms with Crippen LogP contribution in [0.4, 0.5) is 11.6 Å². The largest absolute Gasteiger partial charge is 0.464 e. The van der Waals surface area contributed by atoms with Crippen molar-refractivity contribution in [3.8, 4) is 0 Å². The topological polar surface area (TPSA) is 86.9 Å². The SMILES string of the molecule is CCCC(C)C.Cn1ccc2cnc(Nc3cnn(C4CCOC4=O)c3)nc21. The predicted molar refractivity (Wildman–Crippen MR) is 108 cm³/mol. The highest BCUT2D eigenvalue weighted by Gasteiger charge is 2.28. The summed E-state index contributed by atoms with van der Waals surface area (Å²) in [5.41, 5.74) is 1.58. The maximum Gasteiger partial charge on any atom is 0.331 e. The van der Waals surface area contributed by atoms with Crippen LogP contribution in [0.1, 0.15) is 46.1 Å². The van der Waals surface area contributed by atoms with E-state index >= 15 is 0 Å². The highest BCUT2D eigenvalue weighted by molar-refractivity contribution is 5.77. The molecule has 8 nitrogen and oxygen atoms in total. The first-order chi connectivity index (χ1) is 13.5. The molecule has 0 spiro atoms. The van der Waals surface area contributed by atoms with E-state index < -0.39 is 0 Å². The lowest BCUT2D eigenvalue weighted by Crippen LogP contribution is -2.14. The lowest BCUT2D eigenvalue weighted by Gasteiger charge is -2.05. The van der Waals surface area contributed by atoms with Crippen molar-refractivity contribution in [3.05, 3.63) is 30.9 Å². The molecule has 28 heavy (non-hydrogen) atoms. The van der Waals surface area contributed by atoms with E-state index in [1.807, 2.05) is 23.9 Å². The van der Waals surface area contributed by atoms with Gasteiger partial charge >= 0.3 is 5.97 Å². The summed E-state index contributed by atoms with van der Waals surface area (Å²) in [6.45, 7) is 7.17.